The molecule has 0 heterocycles. The van der Waals surface area contributed by atoms with E-state index in [1.54, 1.807) is 44.3 Å². The zero-order valence-electron chi connectivity index (χ0n) is 16.2. The zero-order valence-corrected chi connectivity index (χ0v) is 16.2. The molecule has 0 saturated carbocycles. The molecule has 0 fully saturated rings. The van der Waals surface area contributed by atoms with E-state index in [4.69, 9.17) is 5.11 Å². The molecule has 3 N–H and O–H groups in total. The molecule has 6 heteroatoms. The topological polar surface area (TPSA) is 95.5 Å². The van der Waals surface area contributed by atoms with Crippen molar-refractivity contribution in [2.24, 2.45) is 0 Å². The minimum absolute atomic E-state index is 0.121. The Bertz CT molecular complexity index is 848. The van der Waals surface area contributed by atoms with E-state index in [-0.39, 0.29) is 23.3 Å². The Morgan fingerprint density at radius 3 is 2.14 bits per heavy atom. The summed E-state index contributed by atoms with van der Waals surface area (Å²) in [7, 11) is 1.77. The molecule has 0 unspecified atom stereocenters. The number of carbonyl (C=O) groups excluding carboxylic acids is 2. The fraction of sp³-hybridized carbons (Fsp3) is 0.318. The van der Waals surface area contributed by atoms with Crippen LogP contribution >= 0.6 is 0 Å². The Balaban J connectivity index is 1.93. The lowest BCUT2D eigenvalue weighted by Gasteiger charge is -2.12. The number of ketones is 1. The van der Waals surface area contributed by atoms with Gasteiger partial charge in [-0.25, -0.2) is 4.79 Å². The Morgan fingerprint density at radius 2 is 1.57 bits per heavy atom. The first kappa shape index (κ1) is 21.3. The molecule has 2 aromatic carbocycles. The van der Waals surface area contributed by atoms with Gasteiger partial charge in [-0.1, -0.05) is 24.3 Å². The Morgan fingerprint density at radius 1 is 0.964 bits per heavy atom. The van der Waals surface area contributed by atoms with Crippen molar-refractivity contribution < 1.29 is 19.5 Å². The van der Waals surface area contributed by atoms with Gasteiger partial charge in [0.25, 0.3) is 5.91 Å². The van der Waals surface area contributed by atoms with Crippen LogP contribution in [0.5, 0.6) is 0 Å². The average molecular weight is 382 g/mol. The van der Waals surface area contributed by atoms with Crippen molar-refractivity contribution in [3.63, 3.8) is 0 Å². The second-order valence-electron chi connectivity index (χ2n) is 6.67. The van der Waals surface area contributed by atoms with E-state index >= 15 is 0 Å². The van der Waals surface area contributed by atoms with Gasteiger partial charge in [-0.3, -0.25) is 9.59 Å². The van der Waals surface area contributed by atoms with Crippen LogP contribution in [-0.4, -0.2) is 42.4 Å². The number of carbonyl (C=O) groups is 3. The van der Waals surface area contributed by atoms with Gasteiger partial charge in [-0.15, -0.1) is 0 Å². The Kier molecular flexibility index (Phi) is 7.89. The first-order chi connectivity index (χ1) is 13.4. The second-order valence-corrected chi connectivity index (χ2v) is 6.67. The number of unbranched alkanes of at least 4 members (excludes halogenated alkanes) is 1. The van der Waals surface area contributed by atoms with Crippen molar-refractivity contribution >= 4 is 17.7 Å². The quantitative estimate of drug-likeness (QED) is 0.549. The van der Waals surface area contributed by atoms with Gasteiger partial charge in [0.05, 0.1) is 11.6 Å². The highest BCUT2D eigenvalue weighted by Gasteiger charge is 2.11. The molecular weight excluding hydrogens is 356 g/mol. The summed E-state index contributed by atoms with van der Waals surface area (Å²) in [4.78, 5) is 34.9. The third-order valence-corrected chi connectivity index (χ3v) is 4.61. The highest BCUT2D eigenvalue weighted by atomic mass is 16.4. The van der Waals surface area contributed by atoms with Gasteiger partial charge in [0, 0.05) is 12.1 Å². The summed E-state index contributed by atoms with van der Waals surface area (Å²) in [6.45, 7) is 2.11. The summed E-state index contributed by atoms with van der Waals surface area (Å²) in [5.74, 6) is -1.04. The number of benzene rings is 2. The van der Waals surface area contributed by atoms with E-state index < -0.39 is 5.97 Å². The monoisotopic (exact) mass is 382 g/mol. The molecule has 0 radical (unpaired) electrons. The van der Waals surface area contributed by atoms with E-state index in [1.165, 1.54) is 6.07 Å². The summed E-state index contributed by atoms with van der Waals surface area (Å²) < 4.78 is 0. The van der Waals surface area contributed by atoms with Crippen LogP contribution in [0.4, 0.5) is 0 Å². The Hall–Kier alpha value is -2.99. The standard InChI is InChI=1S/C22H26N2O4/c1-15(25)20(23-2)11-3-4-12-24-21(26)18-9-5-7-16(13-18)17-8-6-10-19(14-17)22(27)28/h5-10,13-14,20,23H,3-4,11-12H2,1-2H3,(H,24,26)(H,27,28)/t20-/m0/s1. The number of hydrogen-bond acceptors (Lipinski definition) is 4. The highest BCUT2D eigenvalue weighted by molar-refractivity contribution is 5.95. The van der Waals surface area contributed by atoms with Crippen molar-refractivity contribution in [3.8, 4) is 11.1 Å². The predicted octanol–water partition coefficient (Wildman–Crippen LogP) is 3.13. The van der Waals surface area contributed by atoms with E-state index in [1.807, 2.05) is 12.1 Å². The van der Waals surface area contributed by atoms with Gasteiger partial charge in [0.15, 0.2) is 0 Å². The molecule has 6 nitrogen and oxygen atoms in total. The van der Waals surface area contributed by atoms with E-state index in [9.17, 15) is 14.4 Å². The molecular formula is C22H26N2O4. The van der Waals surface area contributed by atoms with Crippen molar-refractivity contribution in [3.05, 3.63) is 59.7 Å². The molecule has 0 aromatic heterocycles. The molecule has 1 atom stereocenters. The van der Waals surface area contributed by atoms with Gasteiger partial charge in [0.2, 0.25) is 0 Å². The van der Waals surface area contributed by atoms with Crippen LogP contribution in [0, 0.1) is 0 Å². The lowest BCUT2D eigenvalue weighted by molar-refractivity contribution is -0.119. The fourth-order valence-electron chi connectivity index (χ4n) is 3.00. The molecule has 0 spiro atoms. The van der Waals surface area contributed by atoms with Gasteiger partial charge < -0.3 is 15.7 Å². The van der Waals surface area contributed by atoms with E-state index in [0.29, 0.717) is 12.1 Å². The maximum Gasteiger partial charge on any atom is 0.335 e. The van der Waals surface area contributed by atoms with Crippen LogP contribution in [0.25, 0.3) is 11.1 Å². The molecule has 0 bridgehead atoms. The molecule has 148 valence electrons. The summed E-state index contributed by atoms with van der Waals surface area (Å²) in [5.41, 5.74) is 2.26. The molecule has 0 aliphatic carbocycles. The summed E-state index contributed by atoms with van der Waals surface area (Å²) in [6.07, 6.45) is 2.38. The SMILES string of the molecule is CN[C@@H](CCCCNC(=O)c1cccc(-c2cccc(C(=O)O)c2)c1)C(C)=O. The van der Waals surface area contributed by atoms with Gasteiger partial charge in [-0.05, 0) is 68.6 Å². The van der Waals surface area contributed by atoms with E-state index in [2.05, 4.69) is 10.6 Å². The molecule has 2 aromatic rings. The number of likely N-dealkylation sites (N-methyl/N-ethyl adjacent to an activating group) is 1. The van der Waals surface area contributed by atoms with Crippen LogP contribution < -0.4 is 10.6 Å². The predicted molar refractivity (Wildman–Crippen MR) is 109 cm³/mol. The number of aromatic carboxylic acids is 1. The van der Waals surface area contributed by atoms with Crippen molar-refractivity contribution in [2.75, 3.05) is 13.6 Å². The molecule has 2 rings (SSSR count). The first-order valence-electron chi connectivity index (χ1n) is 9.32. The van der Waals surface area contributed by atoms with Crippen LogP contribution in [0.3, 0.4) is 0 Å². The maximum atomic E-state index is 12.4. The van der Waals surface area contributed by atoms with Crippen LogP contribution in [-0.2, 0) is 4.79 Å². The molecule has 1 amide bonds. The summed E-state index contributed by atoms with van der Waals surface area (Å²) in [6, 6.07) is 13.6. The average Bonchev–Trinajstić information content (AvgIpc) is 2.70. The number of rotatable bonds is 10. The molecule has 28 heavy (non-hydrogen) atoms. The third-order valence-electron chi connectivity index (χ3n) is 4.61. The van der Waals surface area contributed by atoms with E-state index in [0.717, 1.165) is 30.4 Å². The first-order valence-corrected chi connectivity index (χ1v) is 9.32. The summed E-state index contributed by atoms with van der Waals surface area (Å²) in [5, 5.41) is 15.0. The van der Waals surface area contributed by atoms with Gasteiger partial charge in [-0.2, -0.15) is 0 Å². The van der Waals surface area contributed by atoms with Gasteiger partial charge >= 0.3 is 5.97 Å². The Labute approximate surface area is 165 Å². The van der Waals surface area contributed by atoms with Crippen LogP contribution in [0.1, 0.15) is 46.9 Å². The lowest BCUT2D eigenvalue weighted by atomic mass is 10.0. The number of carboxylic acid groups (broad SMARTS) is 1. The minimum atomic E-state index is -0.985. The molecule has 0 saturated heterocycles. The third kappa shape index (κ3) is 6.03. The number of hydrogen-bond donors (Lipinski definition) is 3. The molecule has 0 aliphatic rings. The van der Waals surface area contributed by atoms with Crippen LogP contribution in [0.15, 0.2) is 48.5 Å². The zero-order chi connectivity index (χ0) is 20.5. The number of Topliss-reactive ketones (excluding diaryl/α,β-unsaturated/α-hetero) is 1. The second kappa shape index (κ2) is 10.4. The van der Waals surface area contributed by atoms with Gasteiger partial charge in [0.1, 0.15) is 5.78 Å². The lowest BCUT2D eigenvalue weighted by Crippen LogP contribution is -2.32. The highest BCUT2D eigenvalue weighted by Crippen LogP contribution is 2.21. The number of amides is 1. The van der Waals surface area contributed by atoms with Crippen molar-refractivity contribution in [2.45, 2.75) is 32.2 Å². The maximum absolute atomic E-state index is 12.4. The number of nitrogens with one attached hydrogen (secondary N) is 2. The fourth-order valence-corrected chi connectivity index (χ4v) is 3.00. The minimum Gasteiger partial charge on any atom is -0.478 e. The van der Waals surface area contributed by atoms with Crippen molar-refractivity contribution in [1.29, 1.82) is 0 Å². The largest absolute Gasteiger partial charge is 0.478 e. The summed E-state index contributed by atoms with van der Waals surface area (Å²) >= 11 is 0. The molecule has 0 aliphatic heterocycles. The van der Waals surface area contributed by atoms with Crippen LogP contribution in [0.2, 0.25) is 0 Å². The van der Waals surface area contributed by atoms with Crippen molar-refractivity contribution in [1.82, 2.24) is 10.6 Å². The smallest absolute Gasteiger partial charge is 0.335 e. The normalized spacial score (nSPS) is 11.6. The number of carboxylic acids is 1.